The van der Waals surface area contributed by atoms with Crippen LogP contribution in [0.15, 0.2) is 223 Å². The first-order valence-corrected chi connectivity index (χ1v) is 23.9. The minimum Gasteiger partial charge on any atom is -0.456 e. The van der Waals surface area contributed by atoms with E-state index < -0.39 is 0 Å². The number of benzene rings is 10. The molecule has 316 valence electrons. The summed E-state index contributed by atoms with van der Waals surface area (Å²) in [5.74, 6) is 0. The Labute approximate surface area is 392 Å². The molecule has 10 aromatic carbocycles. The van der Waals surface area contributed by atoms with Crippen molar-refractivity contribution >= 4 is 92.3 Å². The van der Waals surface area contributed by atoms with Crippen LogP contribution in [0.2, 0.25) is 0 Å². The van der Waals surface area contributed by atoms with Gasteiger partial charge in [-0.1, -0.05) is 141 Å². The molecule has 1 aliphatic carbocycles. The number of rotatable bonds is 6. The monoisotopic (exact) mass is 874 g/mol. The van der Waals surface area contributed by atoms with Crippen LogP contribution in [0.4, 0.5) is 17.1 Å². The number of hydrogen-bond acceptors (Lipinski definition) is 3. The van der Waals surface area contributed by atoms with Crippen LogP contribution in [0, 0.1) is 0 Å². The molecule has 4 heteroatoms. The maximum absolute atomic E-state index is 6.60. The Morgan fingerprint density at radius 1 is 0.418 bits per heavy atom. The first kappa shape index (κ1) is 38.1. The third-order valence-corrected chi connectivity index (χ3v) is 15.5. The van der Waals surface area contributed by atoms with Crippen LogP contribution in [-0.4, -0.2) is 4.57 Å². The van der Waals surface area contributed by atoms with E-state index in [0.29, 0.717) is 0 Å². The third-order valence-electron chi connectivity index (χ3n) is 14.3. The summed E-state index contributed by atoms with van der Waals surface area (Å²) >= 11 is 1.86. The first-order chi connectivity index (χ1) is 33.0. The molecule has 3 heterocycles. The van der Waals surface area contributed by atoms with Gasteiger partial charge in [0, 0.05) is 70.3 Å². The van der Waals surface area contributed by atoms with E-state index in [-0.39, 0.29) is 5.41 Å². The fourth-order valence-electron chi connectivity index (χ4n) is 11.3. The van der Waals surface area contributed by atoms with Gasteiger partial charge in [-0.05, 0) is 129 Å². The van der Waals surface area contributed by atoms with E-state index in [1.54, 1.807) is 0 Å². The summed E-state index contributed by atoms with van der Waals surface area (Å²) in [6.07, 6.45) is 0. The summed E-state index contributed by atoms with van der Waals surface area (Å²) < 4.78 is 11.7. The van der Waals surface area contributed by atoms with E-state index in [0.717, 1.165) is 44.6 Å². The topological polar surface area (TPSA) is 21.3 Å². The maximum atomic E-state index is 6.60. The van der Waals surface area contributed by atoms with Crippen molar-refractivity contribution < 1.29 is 4.42 Å². The predicted molar refractivity (Wildman–Crippen MR) is 284 cm³/mol. The molecule has 0 spiro atoms. The van der Waals surface area contributed by atoms with Gasteiger partial charge in [0.15, 0.2) is 0 Å². The number of aromatic nitrogens is 1. The molecule has 0 aliphatic heterocycles. The van der Waals surface area contributed by atoms with Crippen LogP contribution in [0.25, 0.3) is 103 Å². The van der Waals surface area contributed by atoms with Crippen molar-refractivity contribution in [1.29, 1.82) is 0 Å². The summed E-state index contributed by atoms with van der Waals surface area (Å²) in [5, 5.41) is 7.31. The summed E-state index contributed by atoms with van der Waals surface area (Å²) in [6.45, 7) is 4.78. The number of para-hydroxylation sites is 2. The first-order valence-electron chi connectivity index (χ1n) is 23.1. The number of anilines is 3. The van der Waals surface area contributed by atoms with Gasteiger partial charge in [-0.3, -0.25) is 0 Å². The Kier molecular flexibility index (Phi) is 8.20. The van der Waals surface area contributed by atoms with Gasteiger partial charge in [0.2, 0.25) is 0 Å². The van der Waals surface area contributed by atoms with Crippen molar-refractivity contribution in [2.75, 3.05) is 4.90 Å². The quantitative estimate of drug-likeness (QED) is 0.166. The molecule has 0 saturated carbocycles. The lowest BCUT2D eigenvalue weighted by Gasteiger charge is -2.33. The highest BCUT2D eigenvalue weighted by molar-refractivity contribution is 7.25. The Balaban J connectivity index is 1.01. The van der Waals surface area contributed by atoms with Crippen molar-refractivity contribution in [1.82, 2.24) is 4.57 Å². The van der Waals surface area contributed by atoms with E-state index in [2.05, 4.69) is 236 Å². The molecule has 0 amide bonds. The average Bonchev–Trinajstić information content (AvgIpc) is 4.10. The molecule has 1 aliphatic rings. The highest BCUT2D eigenvalue weighted by atomic mass is 32.1. The van der Waals surface area contributed by atoms with Crippen LogP contribution in [0.5, 0.6) is 0 Å². The summed E-state index contributed by atoms with van der Waals surface area (Å²) in [4.78, 5) is 2.48. The zero-order valence-electron chi connectivity index (χ0n) is 37.0. The Bertz CT molecular complexity index is 4150. The molecule has 0 N–H and O–H groups in total. The van der Waals surface area contributed by atoms with Gasteiger partial charge in [0.1, 0.15) is 11.2 Å². The Morgan fingerprint density at radius 2 is 1.12 bits per heavy atom. The van der Waals surface area contributed by atoms with E-state index in [9.17, 15) is 0 Å². The van der Waals surface area contributed by atoms with Gasteiger partial charge in [0.25, 0.3) is 0 Å². The fourth-order valence-corrected chi connectivity index (χ4v) is 12.3. The lowest BCUT2D eigenvalue weighted by molar-refractivity contribution is 0.660. The molecule has 13 aromatic rings. The summed E-state index contributed by atoms with van der Waals surface area (Å²) in [5.41, 5.74) is 18.2. The number of thiophene rings is 1. The molecule has 0 atom stereocenters. The largest absolute Gasteiger partial charge is 0.456 e. The second-order valence-corrected chi connectivity index (χ2v) is 19.6. The van der Waals surface area contributed by atoms with Crippen LogP contribution in [0.1, 0.15) is 25.0 Å². The number of fused-ring (bicyclic) bond motifs is 12. The summed E-state index contributed by atoms with van der Waals surface area (Å²) in [7, 11) is 0. The molecule has 0 bridgehead atoms. The molecule has 3 aromatic heterocycles. The molecule has 14 rings (SSSR count). The lowest BCUT2D eigenvalue weighted by atomic mass is 9.80. The van der Waals surface area contributed by atoms with Gasteiger partial charge < -0.3 is 13.9 Å². The average molecular weight is 875 g/mol. The molecule has 0 unspecified atom stereocenters. The van der Waals surface area contributed by atoms with Crippen molar-refractivity contribution in [2.24, 2.45) is 0 Å². The van der Waals surface area contributed by atoms with Crippen molar-refractivity contribution in [3.8, 4) is 39.1 Å². The molecular weight excluding hydrogens is 833 g/mol. The molecule has 0 saturated heterocycles. The van der Waals surface area contributed by atoms with Gasteiger partial charge in [0.05, 0.1) is 16.7 Å². The van der Waals surface area contributed by atoms with Gasteiger partial charge in [-0.2, -0.15) is 0 Å². The van der Waals surface area contributed by atoms with Crippen molar-refractivity contribution in [3.63, 3.8) is 0 Å². The number of nitrogens with zero attached hydrogens (tertiary/aromatic N) is 2. The highest BCUT2D eigenvalue weighted by Gasteiger charge is 2.39. The van der Waals surface area contributed by atoms with Crippen LogP contribution < -0.4 is 4.90 Å². The van der Waals surface area contributed by atoms with Gasteiger partial charge in [-0.15, -0.1) is 11.3 Å². The fraction of sp³-hybridized carbons (Fsp3) is 0.0476. The molecule has 67 heavy (non-hydrogen) atoms. The van der Waals surface area contributed by atoms with E-state index in [1.807, 2.05) is 17.4 Å². The molecular formula is C63H42N2OS. The smallest absolute Gasteiger partial charge is 0.137 e. The lowest BCUT2D eigenvalue weighted by Crippen LogP contribution is -2.21. The summed E-state index contributed by atoms with van der Waals surface area (Å²) in [6, 6.07) is 80.3. The normalized spacial score (nSPS) is 13.0. The Morgan fingerprint density at radius 3 is 2.03 bits per heavy atom. The predicted octanol–water partition coefficient (Wildman–Crippen LogP) is 18.2. The van der Waals surface area contributed by atoms with E-state index in [4.69, 9.17) is 4.42 Å². The van der Waals surface area contributed by atoms with E-state index in [1.165, 1.54) is 86.6 Å². The maximum Gasteiger partial charge on any atom is 0.137 e. The van der Waals surface area contributed by atoms with Gasteiger partial charge in [-0.25, -0.2) is 0 Å². The molecule has 3 nitrogen and oxygen atoms in total. The minimum absolute atomic E-state index is 0.287. The Hall–Kier alpha value is -8.18. The molecule has 0 radical (unpaired) electrons. The minimum atomic E-state index is -0.287. The third kappa shape index (κ3) is 5.76. The van der Waals surface area contributed by atoms with Crippen LogP contribution in [-0.2, 0) is 5.41 Å². The number of hydrogen-bond donors (Lipinski definition) is 0. The van der Waals surface area contributed by atoms with Gasteiger partial charge >= 0.3 is 0 Å². The van der Waals surface area contributed by atoms with Crippen molar-refractivity contribution in [2.45, 2.75) is 19.3 Å². The zero-order valence-corrected chi connectivity index (χ0v) is 37.8. The highest BCUT2D eigenvalue weighted by Crippen LogP contribution is 2.56. The van der Waals surface area contributed by atoms with Crippen molar-refractivity contribution in [3.05, 3.63) is 230 Å². The standard InChI is InChI=1S/C63H42N2OS/c1-63(2)54-23-10-6-19-46(54)53-35-42(41-27-31-56-51(34-41)47-20-7-11-24-55(47)65(56)44-29-32-61-52(37-44)50-22-9-13-26-60(50)67-61)36-57(62(53)63)64(43-18-14-17-40(33-43)39-15-4-3-5-16-39)45-28-30-49-48-21-8-12-25-58(48)66-59(49)38-45/h3-38H,1-2H3. The van der Waals surface area contributed by atoms with Crippen LogP contribution >= 0.6 is 11.3 Å². The van der Waals surface area contributed by atoms with Crippen LogP contribution in [0.3, 0.4) is 0 Å². The van der Waals surface area contributed by atoms with E-state index >= 15 is 0 Å². The SMILES string of the molecule is CC1(C)c2ccccc2-c2cc(-c3ccc4c(c3)c3ccccc3n4-c3ccc4sc5ccccc5c4c3)cc(N(c3cccc(-c4ccccc4)c3)c3ccc4c(c3)oc3ccccc34)c21. The zero-order chi connectivity index (χ0) is 44.4. The second-order valence-electron chi connectivity index (χ2n) is 18.5. The second kappa shape index (κ2) is 14.4. The molecule has 0 fully saturated rings. The number of furan rings is 1.